The Labute approximate surface area is 165 Å². The molecular formula is C17H23F3N4O5. The normalized spacial score (nSPS) is 16.1. The Bertz CT molecular complexity index is 673. The quantitative estimate of drug-likeness (QED) is 0.419. The second-order valence-electron chi connectivity index (χ2n) is 5.92. The van der Waals surface area contributed by atoms with Gasteiger partial charge in [-0.15, -0.1) is 0 Å². The van der Waals surface area contributed by atoms with Crippen molar-refractivity contribution in [2.24, 2.45) is 5.92 Å². The summed E-state index contributed by atoms with van der Waals surface area (Å²) in [5.41, 5.74) is 0.968. The summed E-state index contributed by atoms with van der Waals surface area (Å²) in [6.07, 6.45) is -1.08. The molecule has 2 rings (SSSR count). The van der Waals surface area contributed by atoms with Crippen LogP contribution in [0.25, 0.3) is 0 Å². The molecule has 2 amide bonds. The topological polar surface area (TPSA) is 121 Å². The molecule has 1 unspecified atom stereocenters. The zero-order chi connectivity index (χ0) is 21.9. The fourth-order valence-electron chi connectivity index (χ4n) is 2.41. The van der Waals surface area contributed by atoms with E-state index >= 15 is 0 Å². The van der Waals surface area contributed by atoms with E-state index in [0.717, 1.165) is 5.69 Å². The molecule has 12 heteroatoms. The molecule has 0 bridgehead atoms. The number of nitrogens with one attached hydrogen (secondary N) is 2. The first-order valence-corrected chi connectivity index (χ1v) is 8.66. The number of pyridine rings is 1. The SMILES string of the molecule is COCCNC(=O)C1CCN(CCNc2ccncc2)C1=O.O=C(O)C(F)(F)F. The van der Waals surface area contributed by atoms with Crippen LogP contribution in [0, 0.1) is 5.92 Å². The molecule has 1 aliphatic heterocycles. The van der Waals surface area contributed by atoms with Crippen LogP contribution in [-0.2, 0) is 19.1 Å². The molecule has 0 aliphatic carbocycles. The van der Waals surface area contributed by atoms with Gasteiger partial charge in [0.2, 0.25) is 11.8 Å². The summed E-state index contributed by atoms with van der Waals surface area (Å²) in [5, 5.41) is 13.1. The number of carboxylic acid groups (broad SMARTS) is 1. The third-order valence-corrected chi connectivity index (χ3v) is 3.85. The number of carbonyl (C=O) groups is 3. The van der Waals surface area contributed by atoms with Crippen molar-refractivity contribution in [1.29, 1.82) is 0 Å². The van der Waals surface area contributed by atoms with E-state index in [4.69, 9.17) is 14.6 Å². The molecule has 2 heterocycles. The number of alkyl halides is 3. The summed E-state index contributed by atoms with van der Waals surface area (Å²) in [7, 11) is 1.57. The molecule has 1 atom stereocenters. The second-order valence-corrected chi connectivity index (χ2v) is 5.92. The third kappa shape index (κ3) is 8.77. The van der Waals surface area contributed by atoms with Crippen LogP contribution < -0.4 is 10.6 Å². The number of amides is 2. The molecule has 1 aromatic rings. The number of hydrogen-bond donors (Lipinski definition) is 3. The number of hydrogen-bond acceptors (Lipinski definition) is 6. The van der Waals surface area contributed by atoms with Crippen molar-refractivity contribution in [2.75, 3.05) is 45.2 Å². The maximum Gasteiger partial charge on any atom is 0.490 e. The van der Waals surface area contributed by atoms with E-state index in [1.807, 2.05) is 12.1 Å². The fraction of sp³-hybridized carbons (Fsp3) is 0.529. The summed E-state index contributed by atoms with van der Waals surface area (Å²) in [6.45, 7) is 2.74. The van der Waals surface area contributed by atoms with Gasteiger partial charge in [-0.05, 0) is 18.6 Å². The van der Waals surface area contributed by atoms with Gasteiger partial charge in [0.15, 0.2) is 0 Å². The number of carbonyl (C=O) groups excluding carboxylic acids is 2. The maximum atomic E-state index is 12.2. The van der Waals surface area contributed by atoms with Gasteiger partial charge in [-0.3, -0.25) is 14.6 Å². The minimum Gasteiger partial charge on any atom is -0.475 e. The Balaban J connectivity index is 0.000000516. The molecule has 1 saturated heterocycles. The van der Waals surface area contributed by atoms with Crippen LogP contribution in [0.15, 0.2) is 24.5 Å². The van der Waals surface area contributed by atoms with Gasteiger partial charge in [-0.1, -0.05) is 0 Å². The van der Waals surface area contributed by atoms with Crippen molar-refractivity contribution in [3.63, 3.8) is 0 Å². The molecule has 9 nitrogen and oxygen atoms in total. The van der Waals surface area contributed by atoms with Crippen molar-refractivity contribution >= 4 is 23.5 Å². The first-order chi connectivity index (χ1) is 13.7. The van der Waals surface area contributed by atoms with E-state index in [1.165, 1.54) is 0 Å². The number of aliphatic carboxylic acids is 1. The van der Waals surface area contributed by atoms with Crippen molar-refractivity contribution in [3.8, 4) is 0 Å². The lowest BCUT2D eigenvalue weighted by Gasteiger charge is -2.17. The van der Waals surface area contributed by atoms with Crippen LogP contribution >= 0.6 is 0 Å². The highest BCUT2D eigenvalue weighted by molar-refractivity contribution is 6.01. The number of carboxylic acids is 1. The minimum atomic E-state index is -5.08. The number of anilines is 1. The summed E-state index contributed by atoms with van der Waals surface area (Å²) in [5.74, 6) is -3.61. The lowest BCUT2D eigenvalue weighted by molar-refractivity contribution is -0.192. The molecule has 1 fully saturated rings. The molecule has 0 spiro atoms. The van der Waals surface area contributed by atoms with Gasteiger partial charge in [0, 0.05) is 51.4 Å². The van der Waals surface area contributed by atoms with Crippen LogP contribution in [0.4, 0.5) is 18.9 Å². The van der Waals surface area contributed by atoms with Crippen LogP contribution in [0.5, 0.6) is 0 Å². The fourth-order valence-corrected chi connectivity index (χ4v) is 2.41. The summed E-state index contributed by atoms with van der Waals surface area (Å²) in [4.78, 5) is 38.7. The predicted octanol–water partition coefficient (Wildman–Crippen LogP) is 0.738. The molecule has 29 heavy (non-hydrogen) atoms. The molecule has 0 radical (unpaired) electrons. The number of halogens is 3. The van der Waals surface area contributed by atoms with Crippen molar-refractivity contribution in [1.82, 2.24) is 15.2 Å². The second kappa shape index (κ2) is 11.8. The summed E-state index contributed by atoms with van der Waals surface area (Å²) in [6, 6.07) is 3.75. The molecular weight excluding hydrogens is 397 g/mol. The zero-order valence-corrected chi connectivity index (χ0v) is 15.7. The largest absolute Gasteiger partial charge is 0.490 e. The Morgan fingerprint density at radius 2 is 1.93 bits per heavy atom. The highest BCUT2D eigenvalue weighted by Crippen LogP contribution is 2.18. The highest BCUT2D eigenvalue weighted by atomic mass is 19.4. The molecule has 162 valence electrons. The average molecular weight is 420 g/mol. The number of nitrogens with zero attached hydrogens (tertiary/aromatic N) is 2. The van der Waals surface area contributed by atoms with Gasteiger partial charge in [0.25, 0.3) is 0 Å². The van der Waals surface area contributed by atoms with Crippen LogP contribution in [0.3, 0.4) is 0 Å². The standard InChI is InChI=1S/C15H22N4O3.C2HF3O2/c1-22-11-8-18-14(20)13-4-9-19(15(13)21)10-7-17-12-2-5-16-6-3-12;3-2(4,5)1(6)7/h2-3,5-6,13H,4,7-11H2,1H3,(H,16,17)(H,18,20);(H,6,7). The average Bonchev–Trinajstić information content (AvgIpc) is 3.03. The van der Waals surface area contributed by atoms with Gasteiger partial charge < -0.3 is 25.4 Å². The first-order valence-electron chi connectivity index (χ1n) is 8.66. The highest BCUT2D eigenvalue weighted by Gasteiger charge is 2.38. The van der Waals surface area contributed by atoms with Gasteiger partial charge >= 0.3 is 12.1 Å². The number of ether oxygens (including phenoxy) is 1. The molecule has 1 aromatic heterocycles. The zero-order valence-electron chi connectivity index (χ0n) is 15.7. The van der Waals surface area contributed by atoms with Crippen LogP contribution in [0.2, 0.25) is 0 Å². The molecule has 1 aliphatic rings. The maximum absolute atomic E-state index is 12.2. The smallest absolute Gasteiger partial charge is 0.475 e. The van der Waals surface area contributed by atoms with Crippen LogP contribution in [0.1, 0.15) is 6.42 Å². The van der Waals surface area contributed by atoms with Crippen molar-refractivity contribution < 1.29 is 37.4 Å². The number of likely N-dealkylation sites (tertiary alicyclic amines) is 1. The third-order valence-electron chi connectivity index (χ3n) is 3.85. The van der Waals surface area contributed by atoms with Gasteiger partial charge in [0.05, 0.1) is 6.61 Å². The predicted molar refractivity (Wildman–Crippen MR) is 96.0 cm³/mol. The van der Waals surface area contributed by atoms with Gasteiger partial charge in [-0.25, -0.2) is 4.79 Å². The van der Waals surface area contributed by atoms with Crippen LogP contribution in [-0.4, -0.2) is 78.8 Å². The first kappa shape index (κ1) is 24.1. The lowest BCUT2D eigenvalue weighted by atomic mass is 10.1. The molecule has 3 N–H and O–H groups in total. The Kier molecular flexibility index (Phi) is 9.86. The van der Waals surface area contributed by atoms with E-state index < -0.39 is 18.1 Å². The lowest BCUT2D eigenvalue weighted by Crippen LogP contribution is -2.39. The van der Waals surface area contributed by atoms with Crippen molar-refractivity contribution in [2.45, 2.75) is 12.6 Å². The summed E-state index contributed by atoms with van der Waals surface area (Å²) < 4.78 is 36.6. The minimum absolute atomic E-state index is 0.0913. The number of rotatable bonds is 8. The number of methoxy groups -OCH3 is 1. The number of aromatic nitrogens is 1. The van der Waals surface area contributed by atoms with Gasteiger partial charge in [-0.2, -0.15) is 13.2 Å². The molecule has 0 saturated carbocycles. The van der Waals surface area contributed by atoms with Crippen molar-refractivity contribution in [3.05, 3.63) is 24.5 Å². The Hall–Kier alpha value is -2.89. The summed E-state index contributed by atoms with van der Waals surface area (Å²) >= 11 is 0. The van der Waals surface area contributed by atoms with E-state index in [1.54, 1.807) is 24.4 Å². The monoisotopic (exact) mass is 420 g/mol. The Morgan fingerprint density at radius 3 is 2.48 bits per heavy atom. The van der Waals surface area contributed by atoms with E-state index in [9.17, 15) is 22.8 Å². The van der Waals surface area contributed by atoms with E-state index in [0.29, 0.717) is 39.2 Å². The molecule has 0 aromatic carbocycles. The van der Waals surface area contributed by atoms with Gasteiger partial charge in [0.1, 0.15) is 5.92 Å². The van der Waals surface area contributed by atoms with E-state index in [-0.39, 0.29) is 11.8 Å². The van der Waals surface area contributed by atoms with E-state index in [2.05, 4.69) is 15.6 Å². The Morgan fingerprint density at radius 1 is 1.31 bits per heavy atom.